The highest BCUT2D eigenvalue weighted by molar-refractivity contribution is 7.87. The van der Waals surface area contributed by atoms with Gasteiger partial charge in [0.15, 0.2) is 0 Å². The van der Waals surface area contributed by atoms with Gasteiger partial charge in [0.1, 0.15) is 5.54 Å². The van der Waals surface area contributed by atoms with Crippen LogP contribution in [0.2, 0.25) is 0 Å². The fraction of sp³-hybridized carbons (Fsp3) is 0.800. The molecular weight excluding hydrogens is 258 g/mol. The second kappa shape index (κ2) is 4.29. The first kappa shape index (κ1) is 15.1. The number of amides is 2. The maximum Gasteiger partial charge on any atom is 0.281 e. The Morgan fingerprint density at radius 3 is 2.22 bits per heavy atom. The van der Waals surface area contributed by atoms with Crippen LogP contribution in [0.5, 0.6) is 0 Å². The Morgan fingerprint density at radius 1 is 1.28 bits per heavy atom. The van der Waals surface area contributed by atoms with Gasteiger partial charge in [-0.3, -0.25) is 14.9 Å². The minimum Gasteiger partial charge on any atom is -0.294 e. The average molecular weight is 277 g/mol. The highest BCUT2D eigenvalue weighted by atomic mass is 32.2. The molecule has 0 aromatic rings. The van der Waals surface area contributed by atoms with Crippen molar-refractivity contribution in [3.63, 3.8) is 0 Å². The molecule has 1 rings (SSSR count). The summed E-state index contributed by atoms with van der Waals surface area (Å²) in [6.45, 7) is 7.59. The van der Waals surface area contributed by atoms with Crippen LogP contribution in [0.4, 0.5) is 0 Å². The molecule has 0 aliphatic carbocycles. The second-order valence-corrected chi connectivity index (χ2v) is 7.40. The molecule has 0 aromatic carbocycles. The lowest BCUT2D eigenvalue weighted by atomic mass is 10.0. The fourth-order valence-electron chi connectivity index (χ4n) is 1.59. The quantitative estimate of drug-likeness (QED) is 0.656. The van der Waals surface area contributed by atoms with Crippen molar-refractivity contribution in [2.24, 2.45) is 0 Å². The third kappa shape index (κ3) is 3.06. The van der Waals surface area contributed by atoms with Crippen molar-refractivity contribution >= 4 is 22.0 Å². The van der Waals surface area contributed by atoms with Crippen molar-refractivity contribution in [1.82, 2.24) is 14.3 Å². The molecule has 18 heavy (non-hydrogen) atoms. The molecule has 1 aliphatic heterocycles. The molecule has 8 heteroatoms. The molecule has 2 amide bonds. The van der Waals surface area contributed by atoms with Crippen LogP contribution in [-0.4, -0.2) is 42.2 Å². The molecule has 1 saturated heterocycles. The number of rotatable bonds is 2. The Bertz CT molecular complexity index is 476. The standard InChI is InChI=1S/C10H19N3O4S/c1-9(2,3)12-18(16,17)13-6-7(14)11-8(15)10(13,4)5/h12H,6H2,1-5H3,(H,11,14,15). The summed E-state index contributed by atoms with van der Waals surface area (Å²) in [5.41, 5.74) is -1.99. The summed E-state index contributed by atoms with van der Waals surface area (Å²) in [6, 6.07) is 0. The molecule has 1 heterocycles. The molecule has 0 aromatic heterocycles. The Morgan fingerprint density at radius 2 is 1.78 bits per heavy atom. The molecule has 0 atom stereocenters. The van der Waals surface area contributed by atoms with Gasteiger partial charge in [0, 0.05) is 5.54 Å². The molecule has 0 bridgehead atoms. The van der Waals surface area contributed by atoms with E-state index in [-0.39, 0.29) is 6.54 Å². The van der Waals surface area contributed by atoms with Gasteiger partial charge < -0.3 is 0 Å². The molecule has 7 nitrogen and oxygen atoms in total. The predicted molar refractivity (Wildman–Crippen MR) is 65.7 cm³/mol. The SMILES string of the molecule is CC(C)(C)NS(=O)(=O)N1CC(=O)NC(=O)C1(C)C. The van der Waals surface area contributed by atoms with Crippen molar-refractivity contribution < 1.29 is 18.0 Å². The first-order valence-electron chi connectivity index (χ1n) is 5.52. The van der Waals surface area contributed by atoms with Crippen LogP contribution in [0.1, 0.15) is 34.6 Å². The van der Waals surface area contributed by atoms with E-state index in [0.717, 1.165) is 4.31 Å². The van der Waals surface area contributed by atoms with E-state index >= 15 is 0 Å². The summed E-state index contributed by atoms with van der Waals surface area (Å²) in [4.78, 5) is 23.0. The lowest BCUT2D eigenvalue weighted by molar-refractivity contribution is -0.141. The number of hydrogen-bond acceptors (Lipinski definition) is 4. The first-order valence-corrected chi connectivity index (χ1v) is 6.96. The highest BCUT2D eigenvalue weighted by Gasteiger charge is 2.47. The number of carbonyl (C=O) groups excluding carboxylic acids is 2. The van der Waals surface area contributed by atoms with E-state index in [9.17, 15) is 18.0 Å². The maximum absolute atomic E-state index is 12.2. The molecule has 2 N–H and O–H groups in total. The largest absolute Gasteiger partial charge is 0.294 e. The molecule has 1 aliphatic rings. The van der Waals surface area contributed by atoms with E-state index in [2.05, 4.69) is 10.0 Å². The third-order valence-corrected chi connectivity index (χ3v) is 4.48. The average Bonchev–Trinajstić information content (AvgIpc) is 2.07. The lowest BCUT2D eigenvalue weighted by Gasteiger charge is -2.40. The first-order chi connectivity index (χ1) is 7.86. The molecule has 0 saturated carbocycles. The maximum atomic E-state index is 12.2. The van der Waals surface area contributed by atoms with Crippen LogP contribution in [-0.2, 0) is 19.8 Å². The Hall–Kier alpha value is -0.990. The van der Waals surface area contributed by atoms with Crippen molar-refractivity contribution in [2.45, 2.75) is 45.7 Å². The smallest absolute Gasteiger partial charge is 0.281 e. The fourth-order valence-corrected chi connectivity index (χ4v) is 3.44. The summed E-state index contributed by atoms with van der Waals surface area (Å²) < 4.78 is 27.7. The van der Waals surface area contributed by atoms with Gasteiger partial charge in [-0.25, -0.2) is 0 Å². The van der Waals surface area contributed by atoms with Gasteiger partial charge in [-0.15, -0.1) is 0 Å². The summed E-state index contributed by atoms with van der Waals surface area (Å²) in [6.07, 6.45) is 0. The zero-order valence-corrected chi connectivity index (χ0v) is 12.0. The van der Waals surface area contributed by atoms with Crippen LogP contribution in [0.15, 0.2) is 0 Å². The van der Waals surface area contributed by atoms with Crippen LogP contribution < -0.4 is 10.0 Å². The molecular formula is C10H19N3O4S. The van der Waals surface area contributed by atoms with Crippen molar-refractivity contribution in [3.05, 3.63) is 0 Å². The number of nitrogens with zero attached hydrogens (tertiary/aromatic N) is 1. The summed E-state index contributed by atoms with van der Waals surface area (Å²) >= 11 is 0. The second-order valence-electron chi connectivity index (χ2n) is 5.80. The molecule has 0 unspecified atom stereocenters. The number of piperazine rings is 1. The van der Waals surface area contributed by atoms with Gasteiger partial charge >= 0.3 is 0 Å². The van der Waals surface area contributed by atoms with Crippen molar-refractivity contribution in [3.8, 4) is 0 Å². The van der Waals surface area contributed by atoms with Crippen LogP contribution in [0, 0.1) is 0 Å². The lowest BCUT2D eigenvalue weighted by Crippen LogP contribution is -2.68. The van der Waals surface area contributed by atoms with Crippen LogP contribution >= 0.6 is 0 Å². The number of nitrogens with one attached hydrogen (secondary N) is 2. The van der Waals surface area contributed by atoms with E-state index in [0.29, 0.717) is 0 Å². The summed E-state index contributed by atoms with van der Waals surface area (Å²) in [7, 11) is -3.91. The van der Waals surface area contributed by atoms with Gasteiger partial charge in [0.25, 0.3) is 10.2 Å². The van der Waals surface area contributed by atoms with Crippen LogP contribution in [0.3, 0.4) is 0 Å². The third-order valence-electron chi connectivity index (χ3n) is 2.44. The minimum absolute atomic E-state index is 0.371. The molecule has 1 fully saturated rings. The van der Waals surface area contributed by atoms with Gasteiger partial charge in [0.05, 0.1) is 6.54 Å². The monoisotopic (exact) mass is 277 g/mol. The number of hydrogen-bond donors (Lipinski definition) is 2. The van der Waals surface area contributed by atoms with Gasteiger partial charge in [-0.1, -0.05) is 0 Å². The summed E-state index contributed by atoms with van der Waals surface area (Å²) in [5.74, 6) is -1.25. The number of imide groups is 1. The zero-order chi connectivity index (χ0) is 14.4. The van der Waals surface area contributed by atoms with Gasteiger partial charge in [-0.05, 0) is 34.6 Å². The minimum atomic E-state index is -3.91. The van der Waals surface area contributed by atoms with E-state index in [1.165, 1.54) is 13.8 Å². The van der Waals surface area contributed by atoms with Crippen LogP contribution in [0.25, 0.3) is 0 Å². The predicted octanol–water partition coefficient (Wildman–Crippen LogP) is -0.644. The zero-order valence-electron chi connectivity index (χ0n) is 11.2. The normalized spacial score (nSPS) is 21.8. The van der Waals surface area contributed by atoms with E-state index < -0.39 is 33.1 Å². The Balaban J connectivity index is 3.13. The Labute approximate surface area is 107 Å². The molecule has 0 radical (unpaired) electrons. The molecule has 104 valence electrons. The van der Waals surface area contributed by atoms with Gasteiger partial charge in [-0.2, -0.15) is 17.4 Å². The Kier molecular flexibility index (Phi) is 3.59. The van der Waals surface area contributed by atoms with Crippen molar-refractivity contribution in [1.29, 1.82) is 0 Å². The van der Waals surface area contributed by atoms with E-state index in [1.54, 1.807) is 20.8 Å². The highest BCUT2D eigenvalue weighted by Crippen LogP contribution is 2.22. The topological polar surface area (TPSA) is 95.6 Å². The van der Waals surface area contributed by atoms with Crippen molar-refractivity contribution in [2.75, 3.05) is 6.54 Å². The molecule has 0 spiro atoms. The van der Waals surface area contributed by atoms with Gasteiger partial charge in [0.2, 0.25) is 11.8 Å². The number of carbonyl (C=O) groups is 2. The van der Waals surface area contributed by atoms with E-state index in [1.807, 2.05) is 0 Å². The summed E-state index contributed by atoms with van der Waals surface area (Å²) in [5, 5.41) is 2.12. The van der Waals surface area contributed by atoms with E-state index in [4.69, 9.17) is 0 Å².